The first kappa shape index (κ1) is 41.1. The van der Waals surface area contributed by atoms with Gasteiger partial charge < -0.3 is 46.0 Å². The Balaban J connectivity index is 0.00000532. The van der Waals surface area contributed by atoms with Crippen molar-refractivity contribution in [3.8, 4) is 11.5 Å². The van der Waals surface area contributed by atoms with Crippen molar-refractivity contribution in [3.05, 3.63) is 68.2 Å². The fourth-order valence-corrected chi connectivity index (χ4v) is 8.67. The number of thioether (sulfide) groups is 1. The minimum absolute atomic E-state index is 0. The third-order valence-electron chi connectivity index (χ3n) is 8.94. The number of β-lactam (4-membered cyclic amide) rings is 1. The van der Waals surface area contributed by atoms with Crippen LogP contribution in [-0.4, -0.2) is 94.3 Å². The van der Waals surface area contributed by atoms with Gasteiger partial charge in [-0.15, -0.1) is 11.8 Å². The first-order chi connectivity index (χ1) is 26.2. The number of fused-ring (bicyclic) bond motifs is 2. The Labute approximate surface area is 357 Å². The molecule has 0 aliphatic carbocycles. The first-order valence-electron chi connectivity index (χ1n) is 16.3. The van der Waals surface area contributed by atoms with Gasteiger partial charge in [0.15, 0.2) is 40.7 Å². The molecule has 3 aromatic heterocycles. The summed E-state index contributed by atoms with van der Waals surface area (Å²) in [6.45, 7) is 2.97. The third kappa shape index (κ3) is 7.51. The van der Waals surface area contributed by atoms with Crippen LogP contribution < -0.4 is 60.3 Å². The second-order valence-electron chi connectivity index (χ2n) is 12.8. The van der Waals surface area contributed by atoms with Gasteiger partial charge in [-0.3, -0.25) is 29.6 Å². The summed E-state index contributed by atoms with van der Waals surface area (Å²) in [6.07, 6.45) is 3.07. The van der Waals surface area contributed by atoms with Crippen LogP contribution in [0.25, 0.3) is 5.70 Å². The van der Waals surface area contributed by atoms with Crippen LogP contribution in [0, 0.1) is 0 Å². The number of amides is 3. The standard InChI is InChI=1S/C32H29Cl2N11O8S2.Na/c1-32(2,30(51)52)53-40-20(19-24(34)55-31(35)37-19)26(48)36-21-28(50)45-22(25-38-41-42-39-25)13(12-54-29(21)45)11-43-9-3-6-16-15(43)5-4-10-44(16)27(49)14-7-8-17(46)23(47)18(14)33;/h3,6-9,21,29H,4-5,10-12H2,1-2H3,(H6-,35,36,37,38,39,40,41,42,46,47,48,49,51,52);/q;+1/p-1/t21-,29-;/m1./s1. The molecular formula is C32H28Cl2N11NaO8S2. The summed E-state index contributed by atoms with van der Waals surface area (Å²) in [6, 6.07) is 5.04. The second kappa shape index (κ2) is 16.2. The van der Waals surface area contributed by atoms with Gasteiger partial charge in [0.1, 0.15) is 27.1 Å². The molecule has 0 saturated carbocycles. The van der Waals surface area contributed by atoms with Gasteiger partial charge in [-0.1, -0.05) is 39.7 Å². The van der Waals surface area contributed by atoms with Crippen LogP contribution in [0.4, 0.5) is 10.8 Å². The number of phenolic OH excluding ortho intramolecular Hbond substituents is 2. The molecular weight excluding hydrogens is 824 g/mol. The number of hydrogen-bond acceptors (Lipinski definition) is 16. The summed E-state index contributed by atoms with van der Waals surface area (Å²) >= 11 is 14.7. The summed E-state index contributed by atoms with van der Waals surface area (Å²) in [5.74, 6) is -4.10. The van der Waals surface area contributed by atoms with E-state index in [9.17, 15) is 34.5 Å². The van der Waals surface area contributed by atoms with E-state index in [2.05, 4.69) is 36.1 Å². The van der Waals surface area contributed by atoms with Gasteiger partial charge >= 0.3 is 29.6 Å². The molecule has 0 spiro atoms. The van der Waals surface area contributed by atoms with Gasteiger partial charge in [-0.05, 0) is 38.5 Å². The smallest absolute Gasteiger partial charge is 0.546 e. The van der Waals surface area contributed by atoms with E-state index in [1.165, 1.54) is 42.6 Å². The monoisotopic (exact) mass is 851 g/mol. The van der Waals surface area contributed by atoms with Crippen LogP contribution in [0.5, 0.6) is 11.5 Å². The number of aromatic nitrogens is 6. The Hall–Kier alpha value is -4.51. The number of carboxylic acids is 1. The van der Waals surface area contributed by atoms with Crippen LogP contribution in [0.1, 0.15) is 47.8 Å². The zero-order chi connectivity index (χ0) is 39.3. The molecule has 7 rings (SSSR count). The predicted octanol–water partition coefficient (Wildman–Crippen LogP) is -2.77. The minimum Gasteiger partial charge on any atom is -0.546 e. The van der Waals surface area contributed by atoms with Crippen LogP contribution in [0.2, 0.25) is 9.36 Å². The Morgan fingerprint density at radius 2 is 2.02 bits per heavy atom. The Kier molecular flexibility index (Phi) is 11.9. The molecule has 24 heteroatoms. The number of carbonyl (C=O) groups is 4. The van der Waals surface area contributed by atoms with E-state index < -0.39 is 57.9 Å². The summed E-state index contributed by atoms with van der Waals surface area (Å²) in [4.78, 5) is 65.0. The van der Waals surface area contributed by atoms with E-state index in [1.807, 2.05) is 10.8 Å². The molecule has 1 fully saturated rings. The summed E-state index contributed by atoms with van der Waals surface area (Å²) in [5, 5.41) is 52.3. The number of aromatic hydroxyl groups is 2. The number of pyridine rings is 1. The van der Waals surface area contributed by atoms with Crippen molar-refractivity contribution in [2.75, 3.05) is 22.9 Å². The molecule has 286 valence electrons. The number of nitrogens with two attached hydrogens (primary N) is 1. The van der Waals surface area contributed by atoms with Crippen molar-refractivity contribution in [2.45, 2.75) is 50.3 Å². The zero-order valence-corrected chi connectivity index (χ0v) is 34.7. The maximum atomic E-state index is 13.9. The Morgan fingerprint density at radius 3 is 2.70 bits per heavy atom. The van der Waals surface area contributed by atoms with Crippen LogP contribution in [-0.2, 0) is 32.2 Å². The number of rotatable bonds is 10. The van der Waals surface area contributed by atoms with Crippen molar-refractivity contribution in [1.29, 1.82) is 0 Å². The molecule has 1 saturated heterocycles. The maximum absolute atomic E-state index is 13.9. The number of carboxylic acid groups (broad SMARTS) is 1. The molecule has 0 bridgehead atoms. The quantitative estimate of drug-likeness (QED) is 0.0314. The molecule has 1 aromatic carbocycles. The van der Waals surface area contributed by atoms with Crippen LogP contribution in [0.15, 0.2) is 41.2 Å². The van der Waals surface area contributed by atoms with Crippen molar-refractivity contribution in [2.24, 2.45) is 5.16 Å². The fraction of sp³-hybridized carbons (Fsp3) is 0.312. The van der Waals surface area contributed by atoms with E-state index >= 15 is 0 Å². The van der Waals surface area contributed by atoms with Crippen LogP contribution >= 0.6 is 46.3 Å². The average molecular weight is 853 g/mol. The van der Waals surface area contributed by atoms with E-state index in [0.29, 0.717) is 36.5 Å². The number of benzene rings is 1. The number of carbonyl (C=O) groups excluding carboxylic acids is 4. The van der Waals surface area contributed by atoms with Crippen molar-refractivity contribution in [1.82, 2.24) is 35.8 Å². The fourth-order valence-electron chi connectivity index (χ4n) is 6.16. The number of nitrogens with one attached hydrogen (secondary N) is 1. The largest absolute Gasteiger partial charge is 1.00 e. The molecule has 19 nitrogen and oxygen atoms in total. The normalized spacial score (nSPS) is 18.1. The molecule has 3 amide bonds. The molecule has 6 heterocycles. The molecule has 56 heavy (non-hydrogen) atoms. The van der Waals surface area contributed by atoms with Gasteiger partial charge in [0, 0.05) is 30.4 Å². The van der Waals surface area contributed by atoms with E-state index in [0.717, 1.165) is 22.6 Å². The van der Waals surface area contributed by atoms with Crippen molar-refractivity contribution >= 4 is 92.2 Å². The average Bonchev–Trinajstić information content (AvgIpc) is 3.81. The van der Waals surface area contributed by atoms with E-state index in [4.69, 9.17) is 33.8 Å². The number of nitrogen functional groups attached to an aromatic ring is 1. The Morgan fingerprint density at radius 1 is 1.25 bits per heavy atom. The second-order valence-corrected chi connectivity index (χ2v) is 16.0. The molecule has 4 aromatic rings. The number of hydrogen-bond donors (Lipinski definition) is 4. The number of halogens is 2. The molecule has 5 N–H and O–H groups in total. The number of nitrogens with zero attached hydrogens (tertiary/aromatic N) is 9. The van der Waals surface area contributed by atoms with Gasteiger partial charge in [0.05, 0.1) is 28.1 Å². The molecule has 3 aliphatic rings. The summed E-state index contributed by atoms with van der Waals surface area (Å²) in [7, 11) is 0. The SMILES string of the molecule is CC(C)(O/N=C(\C(=O)N[C@@H]1C(=O)N2C(c3nnn[n-]3)=C(C[n+]3cccc4c3CCCN4C(=O)c3ccc(O)c(O)c3Cl)CS[C@H]12)c1nc(N)sc1Cl)C(=O)[O-].[Na+]. The van der Waals surface area contributed by atoms with Gasteiger partial charge in [-0.25, -0.2) is 4.98 Å². The van der Waals surface area contributed by atoms with Gasteiger partial charge in [-0.2, -0.15) is 9.78 Å². The predicted molar refractivity (Wildman–Crippen MR) is 195 cm³/mol. The molecule has 3 aliphatic heterocycles. The number of anilines is 2. The number of thiazole rings is 1. The maximum Gasteiger partial charge on any atom is 1.00 e. The van der Waals surface area contributed by atoms with Crippen LogP contribution in [0.3, 0.4) is 0 Å². The number of phenols is 2. The number of oxime groups is 1. The molecule has 2 atom stereocenters. The molecule has 0 radical (unpaired) electrons. The van der Waals surface area contributed by atoms with E-state index in [-0.39, 0.29) is 67.7 Å². The topological polar surface area (TPSA) is 267 Å². The first-order valence-corrected chi connectivity index (χ1v) is 18.9. The number of tetrazole rings is 1. The third-order valence-corrected chi connectivity index (χ3v) is 11.7. The zero-order valence-electron chi connectivity index (χ0n) is 29.6. The number of aliphatic carboxylic acids is 1. The van der Waals surface area contributed by atoms with Crippen molar-refractivity contribution in [3.63, 3.8) is 0 Å². The van der Waals surface area contributed by atoms with E-state index in [1.54, 1.807) is 17.0 Å². The minimum atomic E-state index is -1.94. The van der Waals surface area contributed by atoms with Gasteiger partial charge in [0.25, 0.3) is 17.7 Å². The van der Waals surface area contributed by atoms with Crippen molar-refractivity contribution < 1.29 is 73.5 Å². The van der Waals surface area contributed by atoms with Gasteiger partial charge in [0.2, 0.25) is 5.69 Å². The summed E-state index contributed by atoms with van der Waals surface area (Å²) in [5.41, 5.74) is 5.71. The summed E-state index contributed by atoms with van der Waals surface area (Å²) < 4.78 is 1.93. The Bertz CT molecular complexity index is 2320. The molecule has 0 unspecified atom stereocenters.